The van der Waals surface area contributed by atoms with Crippen LogP contribution in [0.2, 0.25) is 0 Å². The van der Waals surface area contributed by atoms with E-state index in [9.17, 15) is 9.59 Å². The van der Waals surface area contributed by atoms with E-state index in [0.29, 0.717) is 6.54 Å². The second-order valence-electron chi connectivity index (χ2n) is 5.02. The number of aliphatic carboxylic acids is 1. The van der Waals surface area contributed by atoms with Crippen molar-refractivity contribution < 1.29 is 19.8 Å². The Labute approximate surface area is 107 Å². The Morgan fingerprint density at radius 3 is 2.39 bits per heavy atom. The number of carbonyl (C=O) groups is 2. The SMILES string of the molecule is CC(C)C(CNC(=O)N(CCO)C1CC1)C(=O)O. The predicted octanol–water partition coefficient (Wildman–Crippen LogP) is 0.509. The number of carbonyl (C=O) groups excluding carboxylic acids is 1. The van der Waals surface area contributed by atoms with Gasteiger partial charge in [0.1, 0.15) is 0 Å². The summed E-state index contributed by atoms with van der Waals surface area (Å²) in [5.74, 6) is -1.51. The van der Waals surface area contributed by atoms with E-state index in [1.54, 1.807) is 4.90 Å². The van der Waals surface area contributed by atoms with Gasteiger partial charge in [0, 0.05) is 19.1 Å². The minimum Gasteiger partial charge on any atom is -0.481 e. The highest BCUT2D eigenvalue weighted by Crippen LogP contribution is 2.26. The van der Waals surface area contributed by atoms with Crippen molar-refractivity contribution in [3.05, 3.63) is 0 Å². The largest absolute Gasteiger partial charge is 0.481 e. The smallest absolute Gasteiger partial charge is 0.317 e. The summed E-state index contributed by atoms with van der Waals surface area (Å²) >= 11 is 0. The van der Waals surface area contributed by atoms with Crippen molar-refractivity contribution in [1.29, 1.82) is 0 Å². The molecule has 3 N–H and O–H groups in total. The Hall–Kier alpha value is -1.30. The first kappa shape index (κ1) is 14.8. The zero-order valence-electron chi connectivity index (χ0n) is 10.9. The van der Waals surface area contributed by atoms with Crippen LogP contribution in [0, 0.1) is 11.8 Å². The number of amides is 2. The molecule has 0 aromatic heterocycles. The topological polar surface area (TPSA) is 89.9 Å². The first-order valence-corrected chi connectivity index (χ1v) is 6.35. The van der Waals surface area contributed by atoms with Crippen LogP contribution in [-0.4, -0.2) is 52.9 Å². The zero-order valence-corrected chi connectivity index (χ0v) is 10.9. The summed E-state index contributed by atoms with van der Waals surface area (Å²) in [6.45, 7) is 3.99. The fourth-order valence-corrected chi connectivity index (χ4v) is 1.85. The number of urea groups is 1. The van der Waals surface area contributed by atoms with Crippen molar-refractivity contribution >= 4 is 12.0 Å². The van der Waals surface area contributed by atoms with Crippen LogP contribution >= 0.6 is 0 Å². The van der Waals surface area contributed by atoms with Crippen molar-refractivity contribution in [3.8, 4) is 0 Å². The Morgan fingerprint density at radius 1 is 1.39 bits per heavy atom. The first-order valence-electron chi connectivity index (χ1n) is 6.35. The van der Waals surface area contributed by atoms with Gasteiger partial charge in [-0.05, 0) is 18.8 Å². The van der Waals surface area contributed by atoms with Crippen molar-refractivity contribution in [2.75, 3.05) is 19.7 Å². The van der Waals surface area contributed by atoms with Gasteiger partial charge in [-0.1, -0.05) is 13.8 Å². The fourth-order valence-electron chi connectivity index (χ4n) is 1.85. The maximum atomic E-state index is 11.9. The lowest BCUT2D eigenvalue weighted by molar-refractivity contribution is -0.142. The fraction of sp³-hybridized carbons (Fsp3) is 0.833. The molecule has 1 saturated carbocycles. The van der Waals surface area contributed by atoms with E-state index >= 15 is 0 Å². The van der Waals surface area contributed by atoms with Crippen LogP contribution in [-0.2, 0) is 4.79 Å². The molecule has 18 heavy (non-hydrogen) atoms. The molecule has 104 valence electrons. The van der Waals surface area contributed by atoms with Gasteiger partial charge in [-0.3, -0.25) is 4.79 Å². The molecule has 6 nitrogen and oxygen atoms in total. The van der Waals surface area contributed by atoms with E-state index in [0.717, 1.165) is 12.8 Å². The second-order valence-corrected chi connectivity index (χ2v) is 5.02. The predicted molar refractivity (Wildman–Crippen MR) is 66.2 cm³/mol. The molecule has 0 spiro atoms. The third-order valence-corrected chi connectivity index (χ3v) is 3.18. The van der Waals surface area contributed by atoms with Crippen LogP contribution in [0.5, 0.6) is 0 Å². The van der Waals surface area contributed by atoms with Crippen LogP contribution < -0.4 is 5.32 Å². The lowest BCUT2D eigenvalue weighted by atomic mass is 9.96. The van der Waals surface area contributed by atoms with E-state index in [2.05, 4.69) is 5.32 Å². The van der Waals surface area contributed by atoms with E-state index in [1.807, 2.05) is 13.8 Å². The van der Waals surface area contributed by atoms with Gasteiger partial charge in [-0.2, -0.15) is 0 Å². The van der Waals surface area contributed by atoms with Gasteiger partial charge >= 0.3 is 12.0 Å². The molecule has 0 saturated heterocycles. The van der Waals surface area contributed by atoms with Crippen molar-refractivity contribution in [2.45, 2.75) is 32.7 Å². The normalized spacial score (nSPS) is 16.4. The van der Waals surface area contributed by atoms with E-state index in [1.165, 1.54) is 0 Å². The summed E-state index contributed by atoms with van der Waals surface area (Å²) < 4.78 is 0. The van der Waals surface area contributed by atoms with Gasteiger partial charge in [0.15, 0.2) is 0 Å². The quantitative estimate of drug-likeness (QED) is 0.620. The molecule has 1 unspecified atom stereocenters. The molecule has 0 aliphatic heterocycles. The summed E-state index contributed by atoms with van der Waals surface area (Å²) in [6, 6.07) is -0.0714. The van der Waals surface area contributed by atoms with Crippen molar-refractivity contribution in [1.82, 2.24) is 10.2 Å². The standard InChI is InChI=1S/C12H22N2O4/c1-8(2)10(11(16)17)7-13-12(18)14(5-6-15)9-3-4-9/h8-10,15H,3-7H2,1-2H3,(H,13,18)(H,16,17). The highest BCUT2D eigenvalue weighted by molar-refractivity contribution is 5.76. The van der Waals surface area contributed by atoms with Gasteiger partial charge in [-0.15, -0.1) is 0 Å². The van der Waals surface area contributed by atoms with Crippen molar-refractivity contribution in [2.24, 2.45) is 11.8 Å². The van der Waals surface area contributed by atoms with Crippen LogP contribution in [0.1, 0.15) is 26.7 Å². The van der Waals surface area contributed by atoms with Crippen LogP contribution in [0.15, 0.2) is 0 Å². The summed E-state index contributed by atoms with van der Waals surface area (Å²) in [6.07, 6.45) is 1.92. The van der Waals surface area contributed by atoms with Gasteiger partial charge in [0.2, 0.25) is 0 Å². The number of aliphatic hydroxyl groups excluding tert-OH is 1. The van der Waals surface area contributed by atoms with Crippen molar-refractivity contribution in [3.63, 3.8) is 0 Å². The number of aliphatic hydroxyl groups is 1. The maximum Gasteiger partial charge on any atom is 0.317 e. The molecule has 2 amide bonds. The molecule has 1 aliphatic carbocycles. The number of rotatable bonds is 7. The average molecular weight is 258 g/mol. The molecule has 0 radical (unpaired) electrons. The van der Waals surface area contributed by atoms with E-state index in [4.69, 9.17) is 10.2 Å². The van der Waals surface area contributed by atoms with Gasteiger partial charge < -0.3 is 20.4 Å². The first-order chi connectivity index (χ1) is 8.47. The van der Waals surface area contributed by atoms with Gasteiger partial charge in [0.25, 0.3) is 0 Å². The average Bonchev–Trinajstić information content (AvgIpc) is 3.08. The summed E-state index contributed by atoms with van der Waals surface area (Å²) in [5.41, 5.74) is 0. The summed E-state index contributed by atoms with van der Waals surface area (Å²) in [5, 5.41) is 20.6. The Balaban J connectivity index is 2.44. The van der Waals surface area contributed by atoms with Crippen LogP contribution in [0.25, 0.3) is 0 Å². The number of carboxylic acids is 1. The number of hydrogen-bond acceptors (Lipinski definition) is 3. The Bertz CT molecular complexity index is 302. The number of hydrogen-bond donors (Lipinski definition) is 3. The number of nitrogens with one attached hydrogen (secondary N) is 1. The van der Waals surface area contributed by atoms with Crippen LogP contribution in [0.4, 0.5) is 4.79 Å². The molecule has 0 bridgehead atoms. The Kier molecular flexibility index (Phi) is 5.40. The third kappa shape index (κ3) is 4.18. The van der Waals surface area contributed by atoms with Gasteiger partial charge in [-0.25, -0.2) is 4.79 Å². The molecule has 1 fully saturated rings. The highest BCUT2D eigenvalue weighted by Gasteiger charge is 2.32. The molecular weight excluding hydrogens is 236 g/mol. The molecule has 1 aliphatic rings. The minimum absolute atomic E-state index is 0.0324. The second kappa shape index (κ2) is 6.58. The molecular formula is C12H22N2O4. The summed E-state index contributed by atoms with van der Waals surface area (Å²) in [4.78, 5) is 24.4. The highest BCUT2D eigenvalue weighted by atomic mass is 16.4. The molecule has 0 heterocycles. The monoisotopic (exact) mass is 258 g/mol. The molecule has 1 atom stereocenters. The van der Waals surface area contributed by atoms with E-state index < -0.39 is 11.9 Å². The lowest BCUT2D eigenvalue weighted by Gasteiger charge is -2.24. The minimum atomic E-state index is -0.898. The van der Waals surface area contributed by atoms with Crippen LogP contribution in [0.3, 0.4) is 0 Å². The van der Waals surface area contributed by atoms with E-state index in [-0.39, 0.29) is 31.1 Å². The third-order valence-electron chi connectivity index (χ3n) is 3.18. The molecule has 1 rings (SSSR count). The molecule has 0 aromatic carbocycles. The van der Waals surface area contributed by atoms with Gasteiger partial charge in [0.05, 0.1) is 12.5 Å². The maximum absolute atomic E-state index is 11.9. The molecule has 0 aromatic rings. The summed E-state index contributed by atoms with van der Waals surface area (Å²) in [7, 11) is 0. The Morgan fingerprint density at radius 2 is 2.00 bits per heavy atom. The molecule has 6 heteroatoms. The number of nitrogens with zero attached hydrogens (tertiary/aromatic N) is 1. The number of carboxylic acid groups (broad SMARTS) is 1. The lowest BCUT2D eigenvalue weighted by Crippen LogP contribution is -2.45. The zero-order chi connectivity index (χ0) is 13.7.